The van der Waals surface area contributed by atoms with Crippen molar-refractivity contribution in [3.63, 3.8) is 0 Å². The molecule has 9 heteroatoms. The molecule has 184 valence electrons. The molecule has 0 atom stereocenters. The second kappa shape index (κ2) is 14.0. The highest BCUT2D eigenvalue weighted by atomic mass is 19.1. The zero-order valence-electron chi connectivity index (χ0n) is 19.9. The highest BCUT2D eigenvalue weighted by molar-refractivity contribution is 6.01. The van der Waals surface area contributed by atoms with Gasteiger partial charge in [-0.2, -0.15) is 4.99 Å². The van der Waals surface area contributed by atoms with Gasteiger partial charge in [0.25, 0.3) is 0 Å². The van der Waals surface area contributed by atoms with Crippen LogP contribution in [0.2, 0.25) is 0 Å². The average molecular weight is 462 g/mol. The van der Waals surface area contributed by atoms with Crippen LogP contribution in [-0.4, -0.2) is 62.8 Å². The SMILES string of the molecule is COc1ccc(NC(=N/CNC2CCCCCC2)/N=C(\N)NCCN2CCCCC2)cc1F. The molecule has 33 heavy (non-hydrogen) atoms. The number of benzene rings is 1. The number of nitrogens with zero attached hydrogens (tertiary/aromatic N) is 3. The molecule has 1 aliphatic carbocycles. The molecule has 2 fully saturated rings. The van der Waals surface area contributed by atoms with E-state index in [1.165, 1.54) is 71.0 Å². The first-order valence-corrected chi connectivity index (χ1v) is 12.3. The maximum absolute atomic E-state index is 14.1. The first-order chi connectivity index (χ1) is 16.1. The summed E-state index contributed by atoms with van der Waals surface area (Å²) in [6, 6.07) is 5.14. The number of aliphatic imine (C=N–C) groups is 2. The second-order valence-electron chi connectivity index (χ2n) is 8.83. The number of piperidine rings is 1. The number of guanidine groups is 2. The lowest BCUT2D eigenvalue weighted by Crippen LogP contribution is -2.41. The second-order valence-corrected chi connectivity index (χ2v) is 8.83. The molecule has 1 aromatic rings. The number of halogens is 1. The van der Waals surface area contributed by atoms with Crippen LogP contribution in [0, 0.1) is 5.82 Å². The summed E-state index contributed by atoms with van der Waals surface area (Å²) in [5, 5.41) is 9.77. The van der Waals surface area contributed by atoms with Crippen LogP contribution in [0.4, 0.5) is 10.1 Å². The lowest BCUT2D eigenvalue weighted by molar-refractivity contribution is 0.232. The van der Waals surface area contributed by atoms with E-state index in [-0.39, 0.29) is 5.75 Å². The third kappa shape index (κ3) is 9.17. The summed E-state index contributed by atoms with van der Waals surface area (Å²) in [5.41, 5.74) is 6.67. The van der Waals surface area contributed by atoms with Gasteiger partial charge < -0.3 is 26.0 Å². The van der Waals surface area contributed by atoms with E-state index in [1.807, 2.05) is 0 Å². The van der Waals surface area contributed by atoms with Gasteiger partial charge in [0.05, 0.1) is 13.8 Å². The van der Waals surface area contributed by atoms with Crippen LogP contribution in [0.3, 0.4) is 0 Å². The fraction of sp³-hybridized carbons (Fsp3) is 0.667. The number of ether oxygens (including phenoxy) is 1. The van der Waals surface area contributed by atoms with E-state index in [1.54, 1.807) is 12.1 Å². The first kappa shape index (κ1) is 25.2. The van der Waals surface area contributed by atoms with Gasteiger partial charge in [-0.15, -0.1) is 0 Å². The molecule has 1 saturated heterocycles. The molecule has 0 bridgehead atoms. The van der Waals surface area contributed by atoms with Gasteiger partial charge in [0, 0.05) is 30.9 Å². The normalized spacial score (nSPS) is 19.2. The van der Waals surface area contributed by atoms with Crippen LogP contribution in [-0.2, 0) is 0 Å². The minimum absolute atomic E-state index is 0.191. The van der Waals surface area contributed by atoms with Crippen LogP contribution < -0.4 is 26.4 Å². The fourth-order valence-electron chi connectivity index (χ4n) is 4.39. The van der Waals surface area contributed by atoms with Gasteiger partial charge in [0.15, 0.2) is 17.5 Å². The Balaban J connectivity index is 1.60. The Hall–Kier alpha value is -2.39. The van der Waals surface area contributed by atoms with E-state index in [0.717, 1.165) is 26.2 Å². The summed E-state index contributed by atoms with van der Waals surface area (Å²) in [4.78, 5) is 11.5. The summed E-state index contributed by atoms with van der Waals surface area (Å²) in [5.74, 6) is 0.372. The lowest BCUT2D eigenvalue weighted by Gasteiger charge is -2.26. The van der Waals surface area contributed by atoms with Gasteiger partial charge in [-0.05, 0) is 50.9 Å². The van der Waals surface area contributed by atoms with E-state index < -0.39 is 5.82 Å². The minimum atomic E-state index is -0.449. The van der Waals surface area contributed by atoms with Crippen LogP contribution in [0.15, 0.2) is 28.2 Å². The number of rotatable bonds is 8. The molecule has 0 amide bonds. The van der Waals surface area contributed by atoms with Crippen molar-refractivity contribution < 1.29 is 9.13 Å². The molecule has 1 aromatic carbocycles. The van der Waals surface area contributed by atoms with Crippen molar-refractivity contribution in [2.24, 2.45) is 15.7 Å². The molecule has 1 saturated carbocycles. The van der Waals surface area contributed by atoms with Crippen molar-refractivity contribution in [3.05, 3.63) is 24.0 Å². The Morgan fingerprint density at radius 3 is 2.55 bits per heavy atom. The Morgan fingerprint density at radius 2 is 1.85 bits per heavy atom. The summed E-state index contributed by atoms with van der Waals surface area (Å²) < 4.78 is 19.1. The maximum atomic E-state index is 14.1. The third-order valence-corrected chi connectivity index (χ3v) is 6.28. The Kier molecular flexibility index (Phi) is 10.7. The molecule has 0 aromatic heterocycles. The minimum Gasteiger partial charge on any atom is -0.494 e. The Morgan fingerprint density at radius 1 is 1.12 bits per heavy atom. The monoisotopic (exact) mass is 461 g/mol. The Bertz CT molecular complexity index is 772. The van der Waals surface area contributed by atoms with E-state index >= 15 is 0 Å². The molecule has 3 rings (SSSR count). The first-order valence-electron chi connectivity index (χ1n) is 12.3. The molecule has 2 aliphatic rings. The molecule has 1 heterocycles. The van der Waals surface area contributed by atoms with Gasteiger partial charge >= 0.3 is 0 Å². The molecule has 0 spiro atoms. The number of hydrogen-bond acceptors (Lipinski definition) is 4. The van der Waals surface area contributed by atoms with Crippen molar-refractivity contribution in [2.45, 2.75) is 63.8 Å². The number of hydrogen-bond donors (Lipinski definition) is 4. The highest BCUT2D eigenvalue weighted by Crippen LogP contribution is 2.21. The smallest absolute Gasteiger partial charge is 0.227 e. The third-order valence-electron chi connectivity index (χ3n) is 6.28. The molecule has 0 unspecified atom stereocenters. The number of anilines is 1. The maximum Gasteiger partial charge on any atom is 0.227 e. The molecular weight excluding hydrogens is 421 g/mol. The van der Waals surface area contributed by atoms with Crippen LogP contribution in [0.5, 0.6) is 5.75 Å². The van der Waals surface area contributed by atoms with Gasteiger partial charge in [0.1, 0.15) is 0 Å². The van der Waals surface area contributed by atoms with Crippen molar-refractivity contribution in [1.82, 2.24) is 15.5 Å². The molecule has 0 radical (unpaired) electrons. The molecule has 5 N–H and O–H groups in total. The van der Waals surface area contributed by atoms with Gasteiger partial charge in [-0.1, -0.05) is 32.1 Å². The van der Waals surface area contributed by atoms with Gasteiger partial charge in [-0.25, -0.2) is 9.38 Å². The zero-order valence-corrected chi connectivity index (χ0v) is 19.9. The van der Waals surface area contributed by atoms with Gasteiger partial charge in [-0.3, -0.25) is 5.32 Å². The predicted molar refractivity (Wildman–Crippen MR) is 133 cm³/mol. The standard InChI is InChI=1S/C24H40FN7O/c1-33-22-12-11-20(17-21(22)25)30-24(29-18-28-19-9-5-2-3-6-10-19)31-23(26)27-13-16-32-14-7-4-8-15-32/h11-12,17,19,28H,2-10,13-16,18H2,1H3,(H4,26,27,29,30,31). The van der Waals surface area contributed by atoms with Crippen molar-refractivity contribution >= 4 is 17.6 Å². The van der Waals surface area contributed by atoms with Crippen LogP contribution >= 0.6 is 0 Å². The van der Waals surface area contributed by atoms with Crippen LogP contribution in [0.25, 0.3) is 0 Å². The molecule has 8 nitrogen and oxygen atoms in total. The summed E-state index contributed by atoms with van der Waals surface area (Å²) >= 11 is 0. The van der Waals surface area contributed by atoms with Gasteiger partial charge in [0.2, 0.25) is 5.96 Å². The van der Waals surface area contributed by atoms with Crippen molar-refractivity contribution in [3.8, 4) is 5.75 Å². The largest absolute Gasteiger partial charge is 0.494 e. The van der Waals surface area contributed by atoms with Crippen molar-refractivity contribution in [2.75, 3.05) is 45.3 Å². The summed E-state index contributed by atoms with van der Waals surface area (Å²) in [6.45, 7) is 4.37. The number of nitrogens with one attached hydrogen (secondary N) is 3. The number of likely N-dealkylation sites (tertiary alicyclic amines) is 1. The number of nitrogens with two attached hydrogens (primary N) is 1. The summed E-state index contributed by atoms with van der Waals surface area (Å²) in [6.07, 6.45) is 11.3. The molecule has 1 aliphatic heterocycles. The Labute approximate surface area is 197 Å². The van der Waals surface area contributed by atoms with E-state index in [0.29, 0.717) is 30.3 Å². The van der Waals surface area contributed by atoms with E-state index in [9.17, 15) is 4.39 Å². The van der Waals surface area contributed by atoms with E-state index in [2.05, 4.69) is 30.8 Å². The predicted octanol–water partition coefficient (Wildman–Crippen LogP) is 3.26. The van der Waals surface area contributed by atoms with Crippen LogP contribution in [0.1, 0.15) is 57.8 Å². The average Bonchev–Trinajstić information content (AvgIpc) is 3.09. The molecular formula is C24H40FN7O. The highest BCUT2D eigenvalue weighted by Gasteiger charge is 2.12. The number of methoxy groups -OCH3 is 1. The van der Waals surface area contributed by atoms with Crippen molar-refractivity contribution in [1.29, 1.82) is 0 Å². The fourth-order valence-corrected chi connectivity index (χ4v) is 4.39. The zero-order chi connectivity index (χ0) is 23.3. The lowest BCUT2D eigenvalue weighted by atomic mass is 10.1. The quantitative estimate of drug-likeness (QED) is 0.269. The topological polar surface area (TPSA) is 99.3 Å². The van der Waals surface area contributed by atoms with E-state index in [4.69, 9.17) is 10.5 Å². The summed E-state index contributed by atoms with van der Waals surface area (Å²) in [7, 11) is 1.44.